The van der Waals surface area contributed by atoms with Crippen LogP contribution in [0, 0.1) is 0 Å². The summed E-state index contributed by atoms with van der Waals surface area (Å²) in [4.78, 5) is 34.7. The summed E-state index contributed by atoms with van der Waals surface area (Å²) in [6.45, 7) is 10.1. The number of anilines is 1. The number of carbonyl (C=O) groups is 2. The van der Waals surface area contributed by atoms with E-state index in [4.69, 9.17) is 13.9 Å². The third-order valence-electron chi connectivity index (χ3n) is 4.08. The summed E-state index contributed by atoms with van der Waals surface area (Å²) >= 11 is 6.93. The van der Waals surface area contributed by atoms with Crippen molar-refractivity contribution in [2.75, 3.05) is 4.90 Å². The van der Waals surface area contributed by atoms with E-state index in [1.165, 1.54) is 12.4 Å². The van der Waals surface area contributed by atoms with Crippen molar-refractivity contribution in [3.05, 3.63) is 40.6 Å². The lowest BCUT2D eigenvalue weighted by atomic mass is 10.1. The van der Waals surface area contributed by atoms with Crippen molar-refractivity contribution in [1.29, 1.82) is 0 Å². The first-order chi connectivity index (χ1) is 16.3. The maximum atomic E-state index is 12.8. The molecule has 2 heterocycles. The van der Waals surface area contributed by atoms with Gasteiger partial charge in [-0.15, -0.1) is 10.2 Å². The minimum Gasteiger partial charge on any atom is -0.443 e. The van der Waals surface area contributed by atoms with E-state index >= 15 is 0 Å². The lowest BCUT2D eigenvalue weighted by molar-refractivity contribution is 0.0429. The highest BCUT2D eigenvalue weighted by Gasteiger charge is 2.34. The van der Waals surface area contributed by atoms with Crippen LogP contribution < -0.4 is 4.90 Å². The molecule has 0 fully saturated rings. The van der Waals surface area contributed by atoms with Gasteiger partial charge in [-0.2, -0.15) is 4.90 Å². The number of carbonyl (C=O) groups excluding carboxylic acids is 2. The summed E-state index contributed by atoms with van der Waals surface area (Å²) in [7, 11) is 0. The van der Waals surface area contributed by atoms with Crippen molar-refractivity contribution in [3.8, 4) is 23.0 Å². The Kier molecular flexibility index (Phi) is 7.95. The molecule has 0 saturated carbocycles. The van der Waals surface area contributed by atoms with E-state index in [2.05, 4.69) is 52.0 Å². The van der Waals surface area contributed by atoms with E-state index in [-0.39, 0.29) is 17.4 Å². The Morgan fingerprint density at radius 1 is 0.943 bits per heavy atom. The molecule has 35 heavy (non-hydrogen) atoms. The van der Waals surface area contributed by atoms with Gasteiger partial charge in [-0.05, 0) is 75.2 Å². The fourth-order valence-corrected chi connectivity index (χ4v) is 3.62. The first kappa shape index (κ1) is 26.7. The molecule has 0 aliphatic heterocycles. The standard InChI is InChI=1S/C23H25Br2N5O5/c1-22(2,3)34-20(31)30(21(32)35-23(4,5)6)17-12-26-16(11-27-17)19-29-28-18(33-19)14-8-7-13(10-24)9-15(14)25/h7-9,11-12H,10H2,1-6H3. The summed E-state index contributed by atoms with van der Waals surface area (Å²) in [5.41, 5.74) is 0.381. The van der Waals surface area contributed by atoms with Crippen LogP contribution in [0.25, 0.3) is 23.0 Å². The molecule has 3 aromatic rings. The number of hydrogen-bond donors (Lipinski definition) is 0. The summed E-state index contributed by atoms with van der Waals surface area (Å²) in [6, 6.07) is 5.76. The number of rotatable bonds is 4. The number of imide groups is 1. The third kappa shape index (κ3) is 7.07. The van der Waals surface area contributed by atoms with Gasteiger partial charge < -0.3 is 13.9 Å². The Balaban J connectivity index is 1.89. The molecule has 0 saturated heterocycles. The molecule has 10 nitrogen and oxygen atoms in total. The second-order valence-corrected chi connectivity index (χ2v) is 10.8. The molecule has 2 amide bonds. The molecule has 0 N–H and O–H groups in total. The number of amides is 2. The molecule has 1 aromatic carbocycles. The van der Waals surface area contributed by atoms with Gasteiger partial charge in [0.1, 0.15) is 16.9 Å². The van der Waals surface area contributed by atoms with Crippen LogP contribution in [0.4, 0.5) is 15.4 Å². The molecule has 186 valence electrons. The van der Waals surface area contributed by atoms with Crippen LogP contribution in [-0.4, -0.2) is 43.6 Å². The minimum atomic E-state index is -0.939. The van der Waals surface area contributed by atoms with Gasteiger partial charge in [0.05, 0.1) is 18.0 Å². The molecule has 0 spiro atoms. The van der Waals surface area contributed by atoms with Gasteiger partial charge in [0.15, 0.2) is 5.82 Å². The van der Waals surface area contributed by atoms with Crippen molar-refractivity contribution in [2.24, 2.45) is 0 Å². The monoisotopic (exact) mass is 609 g/mol. The normalized spacial score (nSPS) is 11.8. The Morgan fingerprint density at radius 2 is 1.54 bits per heavy atom. The van der Waals surface area contributed by atoms with Gasteiger partial charge in [-0.3, -0.25) is 0 Å². The lowest BCUT2D eigenvalue weighted by Gasteiger charge is -2.27. The molecule has 0 radical (unpaired) electrons. The van der Waals surface area contributed by atoms with E-state index in [0.29, 0.717) is 16.1 Å². The van der Waals surface area contributed by atoms with Crippen molar-refractivity contribution in [3.63, 3.8) is 0 Å². The summed E-state index contributed by atoms with van der Waals surface area (Å²) < 4.78 is 17.3. The van der Waals surface area contributed by atoms with Crippen LogP contribution in [0.1, 0.15) is 47.1 Å². The van der Waals surface area contributed by atoms with Crippen LogP contribution in [0.2, 0.25) is 0 Å². The second-order valence-electron chi connectivity index (χ2n) is 9.42. The smallest absolute Gasteiger partial charge is 0.425 e. The first-order valence-corrected chi connectivity index (χ1v) is 12.5. The summed E-state index contributed by atoms with van der Waals surface area (Å²) in [6.07, 6.45) is 0.668. The van der Waals surface area contributed by atoms with Crippen LogP contribution in [0.3, 0.4) is 0 Å². The number of alkyl halides is 1. The van der Waals surface area contributed by atoms with Gasteiger partial charge in [0.25, 0.3) is 5.89 Å². The van der Waals surface area contributed by atoms with E-state index in [1.54, 1.807) is 41.5 Å². The Hall–Kier alpha value is -2.86. The maximum absolute atomic E-state index is 12.8. The van der Waals surface area contributed by atoms with Gasteiger partial charge in [-0.25, -0.2) is 19.6 Å². The predicted molar refractivity (Wildman–Crippen MR) is 136 cm³/mol. The molecule has 0 aliphatic rings. The zero-order valence-corrected chi connectivity index (χ0v) is 23.3. The quantitative estimate of drug-likeness (QED) is 0.304. The SMILES string of the molecule is CC(C)(C)OC(=O)N(C(=O)OC(C)(C)C)c1cnc(-c2nnc(-c3ccc(CBr)cc3Br)o2)cn1. The highest BCUT2D eigenvalue weighted by molar-refractivity contribution is 9.10. The molecular weight excluding hydrogens is 586 g/mol. The van der Waals surface area contributed by atoms with Gasteiger partial charge in [0, 0.05) is 9.80 Å². The molecule has 2 aromatic heterocycles. The molecule has 0 unspecified atom stereocenters. The minimum absolute atomic E-state index is 0.0786. The Morgan fingerprint density at radius 3 is 2.03 bits per heavy atom. The second kappa shape index (κ2) is 10.4. The molecule has 3 rings (SSSR count). The summed E-state index contributed by atoms with van der Waals surface area (Å²) in [5, 5.41) is 8.85. The molecular formula is C23H25Br2N5O5. The Labute approximate surface area is 219 Å². The molecule has 0 aliphatic carbocycles. The molecule has 0 bridgehead atoms. The van der Waals surface area contributed by atoms with E-state index in [9.17, 15) is 9.59 Å². The first-order valence-electron chi connectivity index (χ1n) is 10.5. The van der Waals surface area contributed by atoms with Crippen molar-refractivity contribution < 1.29 is 23.5 Å². The highest BCUT2D eigenvalue weighted by atomic mass is 79.9. The van der Waals surface area contributed by atoms with Crippen molar-refractivity contribution in [1.82, 2.24) is 20.2 Å². The fraction of sp³-hybridized carbons (Fsp3) is 0.391. The van der Waals surface area contributed by atoms with E-state index in [0.717, 1.165) is 15.6 Å². The van der Waals surface area contributed by atoms with E-state index < -0.39 is 23.4 Å². The molecule has 12 heteroatoms. The third-order valence-corrected chi connectivity index (χ3v) is 5.39. The fourth-order valence-electron chi connectivity index (χ4n) is 2.67. The number of hydrogen-bond acceptors (Lipinski definition) is 9. The summed E-state index contributed by atoms with van der Waals surface area (Å²) in [5.74, 6) is 0.338. The van der Waals surface area contributed by atoms with E-state index in [1.807, 2.05) is 18.2 Å². The zero-order chi connectivity index (χ0) is 26.0. The number of nitrogens with zero attached hydrogens (tertiary/aromatic N) is 5. The van der Waals surface area contributed by atoms with Crippen LogP contribution in [-0.2, 0) is 14.8 Å². The lowest BCUT2D eigenvalue weighted by Crippen LogP contribution is -2.44. The van der Waals surface area contributed by atoms with Crippen molar-refractivity contribution >= 4 is 49.9 Å². The Bertz CT molecular complexity index is 1190. The van der Waals surface area contributed by atoms with Gasteiger partial charge in [0.2, 0.25) is 5.89 Å². The maximum Gasteiger partial charge on any atom is 0.425 e. The molecule has 0 atom stereocenters. The number of ether oxygens (including phenoxy) is 2. The largest absolute Gasteiger partial charge is 0.443 e. The number of halogens is 2. The highest BCUT2D eigenvalue weighted by Crippen LogP contribution is 2.30. The van der Waals surface area contributed by atoms with Crippen LogP contribution in [0.5, 0.6) is 0 Å². The number of benzene rings is 1. The van der Waals surface area contributed by atoms with Crippen molar-refractivity contribution in [2.45, 2.75) is 58.1 Å². The zero-order valence-electron chi connectivity index (χ0n) is 20.1. The average molecular weight is 611 g/mol. The van der Waals surface area contributed by atoms with Gasteiger partial charge >= 0.3 is 12.2 Å². The van der Waals surface area contributed by atoms with Crippen LogP contribution in [0.15, 0.2) is 39.5 Å². The predicted octanol–water partition coefficient (Wildman–Crippen LogP) is 6.53. The van der Waals surface area contributed by atoms with Crippen LogP contribution >= 0.6 is 31.9 Å². The average Bonchev–Trinajstić information content (AvgIpc) is 3.21. The topological polar surface area (TPSA) is 121 Å². The number of aromatic nitrogens is 4. The van der Waals surface area contributed by atoms with Gasteiger partial charge in [-0.1, -0.05) is 22.0 Å².